The first kappa shape index (κ1) is 24.0. The molecule has 0 bridgehead atoms. The minimum absolute atomic E-state index is 0.134. The zero-order valence-corrected chi connectivity index (χ0v) is 19.8. The average molecular weight is 468 g/mol. The number of nitrogens with zero attached hydrogens (tertiary/aromatic N) is 2. The second-order valence-electron chi connectivity index (χ2n) is 8.18. The number of rotatable bonds is 10. The van der Waals surface area contributed by atoms with Crippen LogP contribution >= 0.6 is 0 Å². The summed E-state index contributed by atoms with van der Waals surface area (Å²) in [6.07, 6.45) is 0.744. The molecule has 1 heterocycles. The molecule has 35 heavy (non-hydrogen) atoms. The Morgan fingerprint density at radius 2 is 1.51 bits per heavy atom. The Morgan fingerprint density at radius 3 is 2.11 bits per heavy atom. The molecule has 4 aromatic rings. The van der Waals surface area contributed by atoms with Crippen molar-refractivity contribution in [2.24, 2.45) is 0 Å². The lowest BCUT2D eigenvalue weighted by atomic mass is 9.88. The van der Waals surface area contributed by atoms with Gasteiger partial charge in [-0.05, 0) is 54.8 Å². The third-order valence-electron chi connectivity index (χ3n) is 5.78. The van der Waals surface area contributed by atoms with Gasteiger partial charge < -0.3 is 10.1 Å². The molecule has 6 heteroatoms. The zero-order chi connectivity index (χ0) is 24.5. The lowest BCUT2D eigenvalue weighted by molar-refractivity contribution is -0.121. The summed E-state index contributed by atoms with van der Waals surface area (Å²) in [5, 5.41) is 7.35. The molecule has 3 aromatic carbocycles. The molecular weight excluding hydrogens is 438 g/mol. The SMILES string of the molecule is CCOc1ccc(-c2ccc(=O)n(CC(=O)NCCC(c3ccccc3)c3ccccc3)n2)cc1. The van der Waals surface area contributed by atoms with E-state index in [1.165, 1.54) is 21.9 Å². The molecule has 0 saturated carbocycles. The third kappa shape index (κ3) is 6.44. The van der Waals surface area contributed by atoms with E-state index in [1.54, 1.807) is 6.07 Å². The largest absolute Gasteiger partial charge is 0.494 e. The summed E-state index contributed by atoms with van der Waals surface area (Å²) >= 11 is 0. The van der Waals surface area contributed by atoms with Gasteiger partial charge in [0.2, 0.25) is 5.91 Å². The average Bonchev–Trinajstić information content (AvgIpc) is 2.90. The maximum absolute atomic E-state index is 12.7. The number of ether oxygens (including phenoxy) is 1. The molecule has 0 unspecified atom stereocenters. The topological polar surface area (TPSA) is 73.2 Å². The molecule has 0 atom stereocenters. The van der Waals surface area contributed by atoms with Crippen molar-refractivity contribution in [3.05, 3.63) is 119 Å². The van der Waals surface area contributed by atoms with E-state index in [0.717, 1.165) is 17.7 Å². The highest BCUT2D eigenvalue weighted by atomic mass is 16.5. The molecule has 0 saturated heterocycles. The van der Waals surface area contributed by atoms with Gasteiger partial charge in [-0.15, -0.1) is 0 Å². The van der Waals surface area contributed by atoms with Crippen LogP contribution in [0.15, 0.2) is 102 Å². The Labute approximate surface area is 205 Å². The lowest BCUT2D eigenvalue weighted by Gasteiger charge is -2.18. The Kier molecular flexibility index (Phi) is 8.07. The highest BCUT2D eigenvalue weighted by Gasteiger charge is 2.15. The van der Waals surface area contributed by atoms with Crippen LogP contribution in [-0.4, -0.2) is 28.8 Å². The fraction of sp³-hybridized carbons (Fsp3) is 0.207. The summed E-state index contributed by atoms with van der Waals surface area (Å²) < 4.78 is 6.68. The maximum atomic E-state index is 12.7. The number of benzene rings is 3. The van der Waals surface area contributed by atoms with E-state index in [1.807, 2.05) is 67.6 Å². The number of hydrogen-bond donors (Lipinski definition) is 1. The van der Waals surface area contributed by atoms with Crippen molar-refractivity contribution < 1.29 is 9.53 Å². The molecule has 0 aliphatic rings. The van der Waals surface area contributed by atoms with E-state index in [2.05, 4.69) is 34.7 Å². The monoisotopic (exact) mass is 467 g/mol. The first-order chi connectivity index (χ1) is 17.1. The van der Waals surface area contributed by atoms with E-state index < -0.39 is 0 Å². The van der Waals surface area contributed by atoms with E-state index in [9.17, 15) is 9.59 Å². The van der Waals surface area contributed by atoms with Gasteiger partial charge in [0.05, 0.1) is 12.3 Å². The Bertz CT molecular complexity index is 1250. The summed E-state index contributed by atoms with van der Waals surface area (Å²) in [6.45, 7) is 2.88. The molecular formula is C29H29N3O3. The normalized spacial score (nSPS) is 10.8. The minimum atomic E-state index is -0.318. The van der Waals surface area contributed by atoms with Crippen molar-refractivity contribution in [3.8, 4) is 17.0 Å². The van der Waals surface area contributed by atoms with E-state index in [-0.39, 0.29) is 23.9 Å². The molecule has 0 aliphatic carbocycles. The van der Waals surface area contributed by atoms with Gasteiger partial charge in [-0.25, -0.2) is 4.68 Å². The van der Waals surface area contributed by atoms with Crippen LogP contribution in [0.3, 0.4) is 0 Å². The summed E-state index contributed by atoms with van der Waals surface area (Å²) in [6, 6.07) is 31.1. The zero-order valence-electron chi connectivity index (χ0n) is 19.8. The van der Waals surface area contributed by atoms with Crippen LogP contribution in [0.2, 0.25) is 0 Å². The third-order valence-corrected chi connectivity index (χ3v) is 5.78. The van der Waals surface area contributed by atoms with Crippen LogP contribution in [0.5, 0.6) is 5.75 Å². The number of nitrogens with one attached hydrogen (secondary N) is 1. The molecule has 1 amide bonds. The predicted octanol–water partition coefficient (Wildman–Crippen LogP) is 4.65. The minimum Gasteiger partial charge on any atom is -0.494 e. The molecule has 178 valence electrons. The van der Waals surface area contributed by atoms with Gasteiger partial charge in [-0.1, -0.05) is 60.7 Å². The van der Waals surface area contributed by atoms with Crippen LogP contribution < -0.4 is 15.6 Å². The number of carbonyl (C=O) groups excluding carboxylic acids is 1. The molecule has 0 fully saturated rings. The summed E-state index contributed by atoms with van der Waals surface area (Å²) in [4.78, 5) is 25.0. The Morgan fingerprint density at radius 1 is 0.886 bits per heavy atom. The smallest absolute Gasteiger partial charge is 0.267 e. The summed E-state index contributed by atoms with van der Waals surface area (Å²) in [5.41, 5.74) is 3.55. The number of carbonyl (C=O) groups is 1. The van der Waals surface area contributed by atoms with E-state index in [0.29, 0.717) is 18.8 Å². The lowest BCUT2D eigenvalue weighted by Crippen LogP contribution is -2.34. The number of hydrogen-bond acceptors (Lipinski definition) is 4. The second kappa shape index (κ2) is 11.8. The molecule has 0 spiro atoms. The Hall–Kier alpha value is -4.19. The predicted molar refractivity (Wildman–Crippen MR) is 137 cm³/mol. The molecule has 1 N–H and O–H groups in total. The quantitative estimate of drug-likeness (QED) is 0.369. The van der Waals surface area contributed by atoms with Crippen LogP contribution in [0.4, 0.5) is 0 Å². The van der Waals surface area contributed by atoms with E-state index in [4.69, 9.17) is 4.74 Å². The second-order valence-corrected chi connectivity index (χ2v) is 8.18. The van der Waals surface area contributed by atoms with Gasteiger partial charge in [-0.3, -0.25) is 9.59 Å². The van der Waals surface area contributed by atoms with Crippen LogP contribution in [0.25, 0.3) is 11.3 Å². The fourth-order valence-electron chi connectivity index (χ4n) is 4.05. The standard InChI is InChI=1S/C29H29N3O3/c1-2-35-25-15-13-24(14-16-25)27-17-18-29(34)32(31-27)21-28(33)30-20-19-26(22-9-5-3-6-10-22)23-11-7-4-8-12-23/h3-18,26H,2,19-21H2,1H3,(H,30,33). The first-order valence-electron chi connectivity index (χ1n) is 11.8. The van der Waals surface area contributed by atoms with Crippen molar-refractivity contribution in [3.63, 3.8) is 0 Å². The van der Waals surface area contributed by atoms with Gasteiger partial charge in [-0.2, -0.15) is 5.10 Å². The molecule has 1 aromatic heterocycles. The van der Waals surface area contributed by atoms with Crippen LogP contribution in [-0.2, 0) is 11.3 Å². The fourth-order valence-corrected chi connectivity index (χ4v) is 4.05. The van der Waals surface area contributed by atoms with Gasteiger partial charge in [0, 0.05) is 24.1 Å². The molecule has 0 radical (unpaired) electrons. The van der Waals surface area contributed by atoms with Gasteiger partial charge in [0.25, 0.3) is 5.56 Å². The van der Waals surface area contributed by atoms with Crippen molar-refractivity contribution >= 4 is 5.91 Å². The summed E-state index contributed by atoms with van der Waals surface area (Å²) in [7, 11) is 0. The van der Waals surface area contributed by atoms with Crippen molar-refractivity contribution in [2.45, 2.75) is 25.8 Å². The summed E-state index contributed by atoms with van der Waals surface area (Å²) in [5.74, 6) is 0.693. The maximum Gasteiger partial charge on any atom is 0.267 e. The van der Waals surface area contributed by atoms with Crippen molar-refractivity contribution in [2.75, 3.05) is 13.2 Å². The van der Waals surface area contributed by atoms with Gasteiger partial charge >= 0.3 is 0 Å². The molecule has 4 rings (SSSR count). The highest BCUT2D eigenvalue weighted by molar-refractivity contribution is 5.75. The van der Waals surface area contributed by atoms with Crippen LogP contribution in [0.1, 0.15) is 30.4 Å². The number of aromatic nitrogens is 2. The molecule has 0 aliphatic heterocycles. The molecule has 6 nitrogen and oxygen atoms in total. The van der Waals surface area contributed by atoms with Crippen molar-refractivity contribution in [1.82, 2.24) is 15.1 Å². The van der Waals surface area contributed by atoms with Gasteiger partial charge in [0.15, 0.2) is 0 Å². The van der Waals surface area contributed by atoms with Gasteiger partial charge in [0.1, 0.15) is 12.3 Å². The highest BCUT2D eigenvalue weighted by Crippen LogP contribution is 2.27. The van der Waals surface area contributed by atoms with E-state index >= 15 is 0 Å². The van der Waals surface area contributed by atoms with Crippen molar-refractivity contribution in [1.29, 1.82) is 0 Å². The van der Waals surface area contributed by atoms with Crippen LogP contribution in [0, 0.1) is 0 Å². The first-order valence-corrected chi connectivity index (χ1v) is 11.8. The number of amides is 1. The Balaban J connectivity index is 1.40.